The van der Waals surface area contributed by atoms with Crippen molar-refractivity contribution in [3.05, 3.63) is 42.0 Å². The summed E-state index contributed by atoms with van der Waals surface area (Å²) in [4.78, 5) is 20.6. The molecule has 1 aromatic carbocycles. The lowest BCUT2D eigenvalue weighted by Crippen LogP contribution is -2.36. The van der Waals surface area contributed by atoms with Gasteiger partial charge < -0.3 is 20.6 Å². The molecule has 36 heavy (non-hydrogen) atoms. The van der Waals surface area contributed by atoms with Gasteiger partial charge in [0.05, 0.1) is 21.8 Å². The van der Waals surface area contributed by atoms with Crippen LogP contribution in [0, 0.1) is 5.41 Å². The summed E-state index contributed by atoms with van der Waals surface area (Å²) in [5.74, 6) is 0.911. The first-order valence-corrected chi connectivity index (χ1v) is 14.6. The van der Waals surface area contributed by atoms with Gasteiger partial charge in [-0.25, -0.2) is 13.4 Å². The van der Waals surface area contributed by atoms with E-state index in [4.69, 9.17) is 4.98 Å². The van der Waals surface area contributed by atoms with Gasteiger partial charge in [0.25, 0.3) is 5.91 Å². The third kappa shape index (κ3) is 5.37. The summed E-state index contributed by atoms with van der Waals surface area (Å²) in [5, 5.41) is 15.3. The van der Waals surface area contributed by atoms with E-state index in [2.05, 4.69) is 15.5 Å². The van der Waals surface area contributed by atoms with Crippen molar-refractivity contribution in [2.75, 3.05) is 35.2 Å². The molecule has 194 valence electrons. The van der Waals surface area contributed by atoms with Gasteiger partial charge in [0.15, 0.2) is 9.84 Å². The highest BCUT2D eigenvalue weighted by molar-refractivity contribution is 7.92. The number of carbonyl (C=O) groups excluding carboxylic acids is 1. The molecular formula is C27H36N4O4S. The summed E-state index contributed by atoms with van der Waals surface area (Å²) in [6.45, 7) is 3.77. The van der Waals surface area contributed by atoms with Crippen LogP contribution in [0.5, 0.6) is 0 Å². The second-order valence-electron chi connectivity index (χ2n) is 10.7. The molecule has 1 spiro atoms. The number of nitrogens with one attached hydrogen (secondary N) is 2. The van der Waals surface area contributed by atoms with Crippen molar-refractivity contribution >= 4 is 33.1 Å². The van der Waals surface area contributed by atoms with Crippen molar-refractivity contribution in [3.63, 3.8) is 0 Å². The van der Waals surface area contributed by atoms with Crippen LogP contribution >= 0.6 is 0 Å². The van der Waals surface area contributed by atoms with Gasteiger partial charge in [-0.2, -0.15) is 0 Å². The van der Waals surface area contributed by atoms with Crippen molar-refractivity contribution in [2.24, 2.45) is 5.41 Å². The molecule has 1 aliphatic heterocycles. The monoisotopic (exact) mass is 512 g/mol. The molecule has 9 heteroatoms. The number of anilines is 3. The Morgan fingerprint density at radius 2 is 1.86 bits per heavy atom. The minimum atomic E-state index is -3.41. The number of nitrogens with zero attached hydrogens (tertiary/aromatic N) is 2. The lowest BCUT2D eigenvalue weighted by Gasteiger charge is -2.34. The molecule has 0 radical (unpaired) electrons. The van der Waals surface area contributed by atoms with Gasteiger partial charge in [0.2, 0.25) is 0 Å². The van der Waals surface area contributed by atoms with Gasteiger partial charge in [-0.05, 0) is 81.2 Å². The number of benzene rings is 1. The molecule has 3 N–H and O–H groups in total. The van der Waals surface area contributed by atoms with Crippen LogP contribution < -0.4 is 15.5 Å². The Morgan fingerprint density at radius 1 is 1.14 bits per heavy atom. The zero-order chi connectivity index (χ0) is 25.3. The number of aliphatic hydroxyl groups excluding tert-OH is 1. The zero-order valence-electron chi connectivity index (χ0n) is 20.9. The molecule has 1 amide bonds. The number of pyridine rings is 1. The number of carbonyl (C=O) groups is 1. The molecule has 1 unspecified atom stereocenters. The van der Waals surface area contributed by atoms with Crippen LogP contribution in [0.25, 0.3) is 0 Å². The van der Waals surface area contributed by atoms with Gasteiger partial charge in [-0.15, -0.1) is 0 Å². The highest BCUT2D eigenvalue weighted by Crippen LogP contribution is 2.54. The molecule has 0 bridgehead atoms. The summed E-state index contributed by atoms with van der Waals surface area (Å²) >= 11 is 0. The van der Waals surface area contributed by atoms with E-state index >= 15 is 0 Å². The third-order valence-corrected chi connectivity index (χ3v) is 10.2. The summed E-state index contributed by atoms with van der Waals surface area (Å²) in [6.07, 6.45) is 7.53. The van der Waals surface area contributed by atoms with Crippen LogP contribution in [-0.2, 0) is 9.84 Å². The third-order valence-electron chi connectivity index (χ3n) is 7.94. The van der Waals surface area contributed by atoms with Gasteiger partial charge in [-0.1, -0.05) is 18.9 Å². The van der Waals surface area contributed by atoms with Crippen LogP contribution in [0.1, 0.15) is 68.6 Å². The van der Waals surface area contributed by atoms with E-state index < -0.39 is 15.9 Å². The fourth-order valence-electron chi connectivity index (χ4n) is 5.43. The fraction of sp³-hybridized carbons (Fsp3) is 0.556. The number of hydrogen-bond donors (Lipinski definition) is 3. The van der Waals surface area contributed by atoms with Gasteiger partial charge >= 0.3 is 0 Å². The van der Waals surface area contributed by atoms with E-state index in [1.807, 2.05) is 0 Å². The summed E-state index contributed by atoms with van der Waals surface area (Å²) < 4.78 is 26.1. The predicted octanol–water partition coefficient (Wildman–Crippen LogP) is 4.22. The summed E-state index contributed by atoms with van der Waals surface area (Å²) in [6, 6.07) is 10.1. The van der Waals surface area contributed by atoms with Crippen molar-refractivity contribution in [1.29, 1.82) is 0 Å². The topological polar surface area (TPSA) is 112 Å². The van der Waals surface area contributed by atoms with Crippen LogP contribution in [0.4, 0.5) is 17.3 Å². The van der Waals surface area contributed by atoms with E-state index in [9.17, 15) is 18.3 Å². The SMILES string of the molecule is CC(O)CNc1ccc(C(=O)Nc2cccc(S(=O)(=O)C3CCCC3)c2)c(N2CCC3(CC2)CC3)n1. The van der Waals surface area contributed by atoms with Gasteiger partial charge in [0.1, 0.15) is 11.6 Å². The largest absolute Gasteiger partial charge is 0.392 e. The first-order valence-electron chi connectivity index (χ1n) is 13.1. The molecule has 3 aliphatic rings. The number of piperidine rings is 1. The average Bonchev–Trinajstić information content (AvgIpc) is 3.37. The van der Waals surface area contributed by atoms with Crippen LogP contribution in [0.3, 0.4) is 0 Å². The van der Waals surface area contributed by atoms with Gasteiger partial charge in [-0.3, -0.25) is 4.79 Å². The molecule has 2 saturated carbocycles. The number of rotatable bonds is 8. The van der Waals surface area contributed by atoms with E-state index in [0.29, 0.717) is 47.7 Å². The number of sulfone groups is 1. The molecule has 1 aromatic heterocycles. The maximum Gasteiger partial charge on any atom is 0.259 e. The number of amides is 1. The van der Waals surface area contributed by atoms with E-state index in [1.54, 1.807) is 43.3 Å². The Labute approximate surface area is 213 Å². The lowest BCUT2D eigenvalue weighted by atomic mass is 9.93. The normalized spacial score (nSPS) is 20.3. The molecule has 2 aromatic rings. The Balaban J connectivity index is 1.38. The number of aliphatic hydroxyl groups is 1. The first kappa shape index (κ1) is 25.0. The highest BCUT2D eigenvalue weighted by atomic mass is 32.2. The Kier molecular flexibility index (Phi) is 6.96. The Bertz CT molecular complexity index is 1210. The lowest BCUT2D eigenvalue weighted by molar-refractivity contribution is 0.102. The molecule has 8 nitrogen and oxygen atoms in total. The molecule has 1 saturated heterocycles. The number of hydrogen-bond acceptors (Lipinski definition) is 7. The van der Waals surface area contributed by atoms with E-state index in [-0.39, 0.29) is 16.1 Å². The van der Waals surface area contributed by atoms with Crippen LogP contribution in [0.15, 0.2) is 41.3 Å². The standard InChI is InChI=1S/C27H36N4O4S/c1-19(32)18-28-24-10-9-23(25(30-24)31-15-13-27(11-12-27)14-16-31)26(33)29-20-5-4-8-22(17-20)36(34,35)21-6-2-3-7-21/h4-5,8-10,17,19,21,32H,2-3,6-7,11-16,18H2,1H3,(H,28,30)(H,29,33). The number of aromatic nitrogens is 1. The maximum atomic E-state index is 13.4. The average molecular weight is 513 g/mol. The molecule has 2 heterocycles. The first-order chi connectivity index (χ1) is 17.3. The summed E-state index contributed by atoms with van der Waals surface area (Å²) in [7, 11) is -3.41. The highest BCUT2D eigenvalue weighted by Gasteiger charge is 2.45. The molecule has 5 rings (SSSR count). The Hall–Kier alpha value is -2.65. The quantitative estimate of drug-likeness (QED) is 0.485. The maximum absolute atomic E-state index is 13.4. The molecule has 3 fully saturated rings. The van der Waals surface area contributed by atoms with Gasteiger partial charge in [0, 0.05) is 25.3 Å². The second-order valence-corrected chi connectivity index (χ2v) is 12.9. The van der Waals surface area contributed by atoms with Crippen LogP contribution in [-0.4, -0.2) is 55.4 Å². The van der Waals surface area contributed by atoms with Crippen molar-refractivity contribution in [2.45, 2.75) is 74.5 Å². The van der Waals surface area contributed by atoms with Crippen LogP contribution in [0.2, 0.25) is 0 Å². The minimum Gasteiger partial charge on any atom is -0.392 e. The smallest absolute Gasteiger partial charge is 0.259 e. The fourth-order valence-corrected chi connectivity index (χ4v) is 7.33. The van der Waals surface area contributed by atoms with Crippen molar-refractivity contribution in [1.82, 2.24) is 4.98 Å². The Morgan fingerprint density at radius 3 is 2.53 bits per heavy atom. The minimum absolute atomic E-state index is 0.258. The predicted molar refractivity (Wildman–Crippen MR) is 141 cm³/mol. The van der Waals surface area contributed by atoms with E-state index in [1.165, 1.54) is 12.8 Å². The zero-order valence-corrected chi connectivity index (χ0v) is 21.7. The molecular weight excluding hydrogens is 476 g/mol. The second kappa shape index (κ2) is 10.0. The van der Waals surface area contributed by atoms with Crippen molar-refractivity contribution < 1.29 is 18.3 Å². The summed E-state index contributed by atoms with van der Waals surface area (Å²) in [5.41, 5.74) is 1.40. The van der Waals surface area contributed by atoms with E-state index in [0.717, 1.165) is 38.8 Å². The van der Waals surface area contributed by atoms with Crippen molar-refractivity contribution in [3.8, 4) is 0 Å². The molecule has 1 atom stereocenters. The molecule has 2 aliphatic carbocycles.